The zero-order valence-corrected chi connectivity index (χ0v) is 18.0. The first-order chi connectivity index (χ1) is 13.0. The van der Waals surface area contributed by atoms with Crippen molar-refractivity contribution in [1.82, 2.24) is 0 Å². The van der Waals surface area contributed by atoms with Crippen molar-refractivity contribution in [3.63, 3.8) is 0 Å². The van der Waals surface area contributed by atoms with Crippen LogP contribution in [-0.2, 0) is 0 Å². The van der Waals surface area contributed by atoms with Crippen LogP contribution in [0.3, 0.4) is 0 Å². The summed E-state index contributed by atoms with van der Waals surface area (Å²) in [6, 6.07) is 0.370. The Balaban J connectivity index is 1.18. The van der Waals surface area contributed by atoms with Crippen molar-refractivity contribution >= 4 is 11.6 Å². The van der Waals surface area contributed by atoms with Crippen LogP contribution >= 0.6 is 11.6 Å². The molecule has 8 aliphatic rings. The molecule has 27 heavy (non-hydrogen) atoms. The molecule has 0 aromatic rings. The summed E-state index contributed by atoms with van der Waals surface area (Å²) in [5, 5.41) is 9.89. The first-order valence-corrected chi connectivity index (χ1v) is 12.4. The maximum absolute atomic E-state index is 7.15. The topological polar surface area (TPSA) is 24.7 Å². The van der Waals surface area contributed by atoms with Gasteiger partial charge in [-0.3, -0.25) is 0 Å². The van der Waals surface area contributed by atoms with Gasteiger partial charge in [0.15, 0.2) is 5.00 Å². The number of rotatable bonds is 4. The van der Waals surface area contributed by atoms with Gasteiger partial charge in [-0.15, -0.1) is 0 Å². The zero-order chi connectivity index (χ0) is 18.3. The quantitative estimate of drug-likeness (QED) is 0.283. The minimum absolute atomic E-state index is 0.370. The lowest BCUT2D eigenvalue weighted by Crippen LogP contribution is -2.51. The molecule has 150 valence electrons. The summed E-state index contributed by atoms with van der Waals surface area (Å²) >= 11 is 7.15. The second kappa shape index (κ2) is 6.19. The molecule has 0 aromatic carbocycles. The molecule has 0 saturated heterocycles. The van der Waals surface area contributed by atoms with Crippen molar-refractivity contribution in [2.24, 2.45) is 69.4 Å². The maximum Gasteiger partial charge on any atom is 0.155 e. The third kappa shape index (κ3) is 2.86. The summed E-state index contributed by atoms with van der Waals surface area (Å²) in [4.78, 5) is -0.469. The van der Waals surface area contributed by atoms with Crippen LogP contribution in [0.4, 0.5) is 0 Å². The number of azo groups is 1. The largest absolute Gasteiger partial charge is 0.189 e. The van der Waals surface area contributed by atoms with E-state index in [9.17, 15) is 0 Å². The molecule has 0 radical (unpaired) electrons. The van der Waals surface area contributed by atoms with Crippen molar-refractivity contribution in [2.45, 2.75) is 89.1 Å². The molecule has 8 aliphatic carbocycles. The van der Waals surface area contributed by atoms with Gasteiger partial charge in [0.2, 0.25) is 0 Å². The Morgan fingerprint density at radius 2 is 1.11 bits per heavy atom. The minimum atomic E-state index is -0.469. The van der Waals surface area contributed by atoms with Gasteiger partial charge >= 0.3 is 0 Å². The predicted molar refractivity (Wildman–Crippen MR) is 110 cm³/mol. The standard InChI is InChI=1S/C24H37ClN2/c1-13(22-18-5-14-3-15(7-18)8-19(22)6-14)26-27-24(2,25)23-20-9-16-4-17(11-20)12-21(23)10-16/h13-23H,3-12H2,1-2H3. The van der Waals surface area contributed by atoms with Crippen LogP contribution in [0.25, 0.3) is 0 Å². The van der Waals surface area contributed by atoms with Crippen LogP contribution in [0.5, 0.6) is 0 Å². The molecule has 8 fully saturated rings. The highest BCUT2D eigenvalue weighted by atomic mass is 35.5. The van der Waals surface area contributed by atoms with Gasteiger partial charge in [0.25, 0.3) is 0 Å². The molecule has 0 heterocycles. The van der Waals surface area contributed by atoms with Crippen LogP contribution in [0.1, 0.15) is 78.1 Å². The fourth-order valence-electron chi connectivity index (χ4n) is 9.89. The monoisotopic (exact) mass is 388 g/mol. The van der Waals surface area contributed by atoms with E-state index >= 15 is 0 Å². The average molecular weight is 389 g/mol. The summed E-state index contributed by atoms with van der Waals surface area (Å²) in [6.07, 6.45) is 14.6. The lowest BCUT2D eigenvalue weighted by molar-refractivity contribution is -0.0545. The molecule has 8 bridgehead atoms. The molecular formula is C24H37ClN2. The number of alkyl halides is 1. The molecule has 8 rings (SSSR count). The molecule has 3 heteroatoms. The smallest absolute Gasteiger partial charge is 0.155 e. The minimum Gasteiger partial charge on any atom is -0.189 e. The van der Waals surface area contributed by atoms with Crippen molar-refractivity contribution in [2.75, 3.05) is 0 Å². The highest BCUT2D eigenvalue weighted by Gasteiger charge is 2.54. The van der Waals surface area contributed by atoms with Crippen molar-refractivity contribution in [3.05, 3.63) is 0 Å². The SMILES string of the molecule is CC(N=NC(C)(Cl)C1C2CC3CC(C2)CC1C3)C1C2CC3CC(C2)CC1C3. The molecule has 0 aromatic heterocycles. The molecule has 2 unspecified atom stereocenters. The zero-order valence-electron chi connectivity index (χ0n) is 17.2. The van der Waals surface area contributed by atoms with Gasteiger partial charge in [-0.05, 0) is 131 Å². The molecule has 0 N–H and O–H groups in total. The van der Waals surface area contributed by atoms with Gasteiger partial charge in [-0.2, -0.15) is 10.2 Å². The van der Waals surface area contributed by atoms with E-state index in [-0.39, 0.29) is 0 Å². The van der Waals surface area contributed by atoms with Gasteiger partial charge in [0.05, 0.1) is 6.04 Å². The molecule has 8 saturated carbocycles. The van der Waals surface area contributed by atoms with Gasteiger partial charge in [0.1, 0.15) is 0 Å². The van der Waals surface area contributed by atoms with Crippen LogP contribution < -0.4 is 0 Å². The van der Waals surface area contributed by atoms with Crippen LogP contribution in [0, 0.1) is 59.2 Å². The lowest BCUT2D eigenvalue weighted by Gasteiger charge is -2.57. The Bertz CT molecular complexity index is 570. The average Bonchev–Trinajstić information content (AvgIpc) is 2.58. The second-order valence-corrected chi connectivity index (χ2v) is 12.7. The lowest BCUT2D eigenvalue weighted by atomic mass is 9.50. The van der Waals surface area contributed by atoms with Gasteiger partial charge in [-0.1, -0.05) is 11.6 Å². The number of nitrogens with zero attached hydrogens (tertiary/aromatic N) is 2. The Hall–Kier alpha value is -0.110. The fourth-order valence-corrected chi connectivity index (χ4v) is 10.3. The Kier molecular flexibility index (Phi) is 4.07. The normalized spacial score (nSPS) is 56.0. The third-order valence-electron chi connectivity index (χ3n) is 10.1. The first-order valence-electron chi connectivity index (χ1n) is 12.1. The molecule has 0 aliphatic heterocycles. The third-order valence-corrected chi connectivity index (χ3v) is 10.5. The van der Waals surface area contributed by atoms with E-state index in [1.807, 2.05) is 0 Å². The molecule has 0 amide bonds. The highest BCUT2D eigenvalue weighted by Crippen LogP contribution is 2.61. The number of hydrogen-bond donors (Lipinski definition) is 0. The van der Waals surface area contributed by atoms with Crippen LogP contribution in [0.15, 0.2) is 10.2 Å². The Morgan fingerprint density at radius 3 is 1.56 bits per heavy atom. The van der Waals surface area contributed by atoms with Crippen molar-refractivity contribution in [3.8, 4) is 0 Å². The van der Waals surface area contributed by atoms with E-state index in [1.165, 1.54) is 64.2 Å². The van der Waals surface area contributed by atoms with Crippen LogP contribution in [0.2, 0.25) is 0 Å². The summed E-state index contributed by atoms with van der Waals surface area (Å²) in [5.74, 6) is 8.93. The molecular weight excluding hydrogens is 352 g/mol. The first kappa shape index (κ1) is 17.7. The van der Waals surface area contributed by atoms with E-state index < -0.39 is 5.00 Å². The van der Waals surface area contributed by atoms with E-state index in [0.717, 1.165) is 53.3 Å². The van der Waals surface area contributed by atoms with Gasteiger partial charge in [0, 0.05) is 5.92 Å². The van der Waals surface area contributed by atoms with Crippen molar-refractivity contribution < 1.29 is 0 Å². The van der Waals surface area contributed by atoms with Gasteiger partial charge in [-0.25, -0.2) is 0 Å². The summed E-state index contributed by atoms with van der Waals surface area (Å²) in [5.41, 5.74) is 0. The summed E-state index contributed by atoms with van der Waals surface area (Å²) in [6.45, 7) is 4.54. The molecule has 0 spiro atoms. The predicted octanol–water partition coefficient (Wildman–Crippen LogP) is 6.93. The molecule has 2 atom stereocenters. The Morgan fingerprint density at radius 1 is 0.704 bits per heavy atom. The Labute approximate surface area is 170 Å². The number of halogens is 1. The fraction of sp³-hybridized carbons (Fsp3) is 1.00. The summed E-state index contributed by atoms with van der Waals surface area (Å²) < 4.78 is 0. The van der Waals surface area contributed by atoms with Crippen LogP contribution in [-0.4, -0.2) is 11.0 Å². The van der Waals surface area contributed by atoms with Crippen molar-refractivity contribution in [1.29, 1.82) is 0 Å². The highest BCUT2D eigenvalue weighted by molar-refractivity contribution is 6.23. The summed E-state index contributed by atoms with van der Waals surface area (Å²) in [7, 11) is 0. The van der Waals surface area contributed by atoms with E-state index in [0.29, 0.717) is 12.0 Å². The molecule has 2 nitrogen and oxygen atoms in total. The van der Waals surface area contributed by atoms with E-state index in [2.05, 4.69) is 13.8 Å². The number of hydrogen-bond acceptors (Lipinski definition) is 2. The second-order valence-electron chi connectivity index (χ2n) is 11.9. The van der Waals surface area contributed by atoms with E-state index in [4.69, 9.17) is 21.8 Å². The maximum atomic E-state index is 7.15. The van der Waals surface area contributed by atoms with Gasteiger partial charge < -0.3 is 0 Å². The van der Waals surface area contributed by atoms with E-state index in [1.54, 1.807) is 0 Å².